The number of aromatic nitrogens is 1. The standard InChI is InChI=1S/C10H11N3O/c1-6-2-3-7(4-8(6)11)9-5-14-10(12)13-9/h2-5H,11H2,1H3,(H2,12,13). The monoisotopic (exact) mass is 189 g/mol. The number of rotatable bonds is 1. The molecule has 0 amide bonds. The summed E-state index contributed by atoms with van der Waals surface area (Å²) in [6.07, 6.45) is 1.51. The van der Waals surface area contributed by atoms with E-state index >= 15 is 0 Å². The summed E-state index contributed by atoms with van der Waals surface area (Å²) in [7, 11) is 0. The van der Waals surface area contributed by atoms with Crippen molar-refractivity contribution in [2.75, 3.05) is 11.5 Å². The average Bonchev–Trinajstić information content (AvgIpc) is 2.57. The molecule has 0 atom stereocenters. The van der Waals surface area contributed by atoms with E-state index in [-0.39, 0.29) is 6.01 Å². The van der Waals surface area contributed by atoms with E-state index in [1.54, 1.807) is 0 Å². The Balaban J connectivity index is 2.47. The van der Waals surface area contributed by atoms with Gasteiger partial charge in [-0.1, -0.05) is 12.1 Å². The summed E-state index contributed by atoms with van der Waals surface area (Å²) in [6.45, 7) is 1.95. The normalized spacial score (nSPS) is 10.4. The lowest BCUT2D eigenvalue weighted by atomic mass is 10.1. The first-order chi connectivity index (χ1) is 6.66. The van der Waals surface area contributed by atoms with Crippen LogP contribution >= 0.6 is 0 Å². The minimum absolute atomic E-state index is 0.166. The van der Waals surface area contributed by atoms with Crippen LogP contribution in [0.2, 0.25) is 0 Å². The Morgan fingerprint density at radius 2 is 2.07 bits per heavy atom. The maximum absolute atomic E-state index is 5.78. The zero-order valence-corrected chi connectivity index (χ0v) is 7.82. The Labute approximate surface area is 81.5 Å². The largest absolute Gasteiger partial charge is 0.432 e. The van der Waals surface area contributed by atoms with Gasteiger partial charge in [0.15, 0.2) is 0 Å². The lowest BCUT2D eigenvalue weighted by Crippen LogP contribution is -1.90. The van der Waals surface area contributed by atoms with Gasteiger partial charge in [-0.3, -0.25) is 0 Å². The smallest absolute Gasteiger partial charge is 0.292 e. The maximum Gasteiger partial charge on any atom is 0.292 e. The van der Waals surface area contributed by atoms with E-state index in [2.05, 4.69) is 4.98 Å². The average molecular weight is 189 g/mol. The van der Waals surface area contributed by atoms with Crippen LogP contribution in [0.3, 0.4) is 0 Å². The molecule has 2 rings (SSSR count). The van der Waals surface area contributed by atoms with Crippen molar-refractivity contribution in [3.05, 3.63) is 30.0 Å². The second kappa shape index (κ2) is 3.06. The van der Waals surface area contributed by atoms with E-state index < -0.39 is 0 Å². The number of oxazole rings is 1. The van der Waals surface area contributed by atoms with E-state index in [9.17, 15) is 0 Å². The molecule has 0 unspecified atom stereocenters. The Bertz CT molecular complexity index is 462. The third-order valence-electron chi connectivity index (χ3n) is 2.10. The van der Waals surface area contributed by atoms with Gasteiger partial charge in [-0.25, -0.2) is 0 Å². The molecule has 1 aromatic carbocycles. The second-order valence-corrected chi connectivity index (χ2v) is 3.14. The molecular formula is C10H11N3O. The molecule has 0 fully saturated rings. The second-order valence-electron chi connectivity index (χ2n) is 3.14. The fraction of sp³-hybridized carbons (Fsp3) is 0.100. The molecular weight excluding hydrogens is 178 g/mol. The highest BCUT2D eigenvalue weighted by Crippen LogP contribution is 2.23. The Kier molecular flexibility index (Phi) is 1.89. The van der Waals surface area contributed by atoms with E-state index in [0.717, 1.165) is 16.8 Å². The molecule has 14 heavy (non-hydrogen) atoms. The number of nitrogen functional groups attached to an aromatic ring is 2. The molecule has 0 saturated carbocycles. The van der Waals surface area contributed by atoms with Crippen molar-refractivity contribution < 1.29 is 4.42 Å². The quantitative estimate of drug-likeness (QED) is 0.670. The van der Waals surface area contributed by atoms with E-state index in [0.29, 0.717) is 5.69 Å². The molecule has 0 aliphatic heterocycles. The van der Waals surface area contributed by atoms with Crippen molar-refractivity contribution in [2.45, 2.75) is 6.92 Å². The fourth-order valence-electron chi connectivity index (χ4n) is 1.22. The first-order valence-electron chi connectivity index (χ1n) is 4.24. The summed E-state index contributed by atoms with van der Waals surface area (Å²) in [5.41, 5.74) is 14.6. The Morgan fingerprint density at radius 3 is 2.64 bits per heavy atom. The van der Waals surface area contributed by atoms with Crippen LogP contribution in [-0.2, 0) is 0 Å². The van der Waals surface area contributed by atoms with Crippen LogP contribution in [0.5, 0.6) is 0 Å². The highest BCUT2D eigenvalue weighted by Gasteiger charge is 2.04. The number of nitrogens with zero attached hydrogens (tertiary/aromatic N) is 1. The van der Waals surface area contributed by atoms with Crippen molar-refractivity contribution in [1.82, 2.24) is 4.98 Å². The highest BCUT2D eigenvalue weighted by atomic mass is 16.4. The SMILES string of the molecule is Cc1ccc(-c2coc(N)n2)cc1N. The third-order valence-corrected chi connectivity index (χ3v) is 2.10. The van der Waals surface area contributed by atoms with Crippen LogP contribution < -0.4 is 11.5 Å². The molecule has 4 heteroatoms. The maximum atomic E-state index is 5.78. The fourth-order valence-corrected chi connectivity index (χ4v) is 1.22. The lowest BCUT2D eigenvalue weighted by Gasteiger charge is -2.01. The lowest BCUT2D eigenvalue weighted by molar-refractivity contribution is 0.581. The Morgan fingerprint density at radius 1 is 1.29 bits per heavy atom. The van der Waals surface area contributed by atoms with Gasteiger partial charge < -0.3 is 15.9 Å². The summed E-state index contributed by atoms with van der Waals surface area (Å²) in [5.74, 6) is 0. The zero-order chi connectivity index (χ0) is 10.1. The van der Waals surface area contributed by atoms with Crippen LogP contribution in [0.1, 0.15) is 5.56 Å². The minimum atomic E-state index is 0.166. The molecule has 1 heterocycles. The molecule has 1 aromatic heterocycles. The molecule has 4 N–H and O–H groups in total. The Hall–Kier alpha value is -1.97. The molecule has 2 aromatic rings. The zero-order valence-electron chi connectivity index (χ0n) is 7.82. The number of nitrogens with two attached hydrogens (primary N) is 2. The first-order valence-corrected chi connectivity index (χ1v) is 4.24. The van der Waals surface area contributed by atoms with Crippen LogP contribution in [-0.4, -0.2) is 4.98 Å². The van der Waals surface area contributed by atoms with Gasteiger partial charge in [0.1, 0.15) is 12.0 Å². The van der Waals surface area contributed by atoms with Crippen molar-refractivity contribution in [2.24, 2.45) is 0 Å². The van der Waals surface area contributed by atoms with Gasteiger partial charge in [-0.05, 0) is 18.6 Å². The molecule has 0 saturated heterocycles. The third kappa shape index (κ3) is 1.42. The van der Waals surface area contributed by atoms with Crippen LogP contribution in [0, 0.1) is 6.92 Å². The van der Waals surface area contributed by atoms with Gasteiger partial charge in [-0.2, -0.15) is 4.98 Å². The summed E-state index contributed by atoms with van der Waals surface area (Å²) in [6, 6.07) is 5.89. The van der Waals surface area contributed by atoms with Crippen LogP contribution in [0.25, 0.3) is 11.3 Å². The van der Waals surface area contributed by atoms with Crippen molar-refractivity contribution >= 4 is 11.7 Å². The summed E-state index contributed by atoms with van der Waals surface area (Å²) < 4.78 is 4.91. The summed E-state index contributed by atoms with van der Waals surface area (Å²) in [5, 5.41) is 0. The van der Waals surface area contributed by atoms with E-state index in [1.807, 2.05) is 25.1 Å². The van der Waals surface area contributed by atoms with Gasteiger partial charge in [0, 0.05) is 11.3 Å². The van der Waals surface area contributed by atoms with E-state index in [1.165, 1.54) is 6.26 Å². The molecule has 72 valence electrons. The number of benzene rings is 1. The minimum Gasteiger partial charge on any atom is -0.432 e. The first kappa shape index (κ1) is 8.62. The van der Waals surface area contributed by atoms with Crippen molar-refractivity contribution in [3.63, 3.8) is 0 Å². The van der Waals surface area contributed by atoms with Gasteiger partial charge in [0.2, 0.25) is 0 Å². The van der Waals surface area contributed by atoms with Crippen molar-refractivity contribution in [1.29, 1.82) is 0 Å². The molecule has 0 bridgehead atoms. The predicted octanol–water partition coefficient (Wildman–Crippen LogP) is 1.81. The van der Waals surface area contributed by atoms with Crippen LogP contribution in [0.4, 0.5) is 11.7 Å². The molecule has 0 radical (unpaired) electrons. The number of anilines is 2. The van der Waals surface area contributed by atoms with Gasteiger partial charge >= 0.3 is 0 Å². The molecule has 0 spiro atoms. The number of hydrogen-bond donors (Lipinski definition) is 2. The molecule has 0 aliphatic carbocycles. The molecule has 0 aliphatic rings. The predicted molar refractivity (Wildman–Crippen MR) is 55.5 cm³/mol. The van der Waals surface area contributed by atoms with Gasteiger partial charge in [-0.15, -0.1) is 0 Å². The van der Waals surface area contributed by atoms with Gasteiger partial charge in [0.25, 0.3) is 6.01 Å². The number of aryl methyl sites for hydroxylation is 1. The molecule has 4 nitrogen and oxygen atoms in total. The summed E-state index contributed by atoms with van der Waals surface area (Å²) >= 11 is 0. The van der Waals surface area contributed by atoms with E-state index in [4.69, 9.17) is 15.9 Å². The van der Waals surface area contributed by atoms with Gasteiger partial charge in [0.05, 0.1) is 0 Å². The highest BCUT2D eigenvalue weighted by molar-refractivity contribution is 5.65. The van der Waals surface area contributed by atoms with Crippen molar-refractivity contribution in [3.8, 4) is 11.3 Å². The van der Waals surface area contributed by atoms with Crippen LogP contribution in [0.15, 0.2) is 28.9 Å². The topological polar surface area (TPSA) is 78.1 Å². The number of hydrogen-bond acceptors (Lipinski definition) is 4. The summed E-state index contributed by atoms with van der Waals surface area (Å²) in [4.78, 5) is 4.01.